The monoisotopic (exact) mass is 709 g/mol. The molecule has 0 saturated heterocycles. The van der Waals surface area contributed by atoms with Gasteiger partial charge in [0.05, 0.1) is 5.52 Å². The Morgan fingerprint density at radius 3 is 1.89 bits per heavy atom. The Kier molecular flexibility index (Phi) is 6.68. The van der Waals surface area contributed by atoms with Gasteiger partial charge in [0, 0.05) is 11.6 Å². The molecule has 0 amide bonds. The molecule has 10 aromatic rings. The second-order valence-electron chi connectivity index (χ2n) is 15.2. The lowest BCUT2D eigenvalue weighted by atomic mass is 9.85. The van der Waals surface area contributed by atoms with Crippen LogP contribution in [0, 0.1) is 0 Å². The SMILES string of the molecule is C/C=C\C=C/Cc1c2c(c(-c3ccccc3)c3cccnc13)-c1ccc(-c3cc4c5cccc6c5c(cc4c4ccccc34)-c3ccccc3-6)c3cccc-2c13. The molecular weight excluding hydrogens is 675 g/mol. The molecule has 1 heterocycles. The van der Waals surface area contributed by atoms with Crippen LogP contribution in [-0.4, -0.2) is 4.98 Å². The first kappa shape index (κ1) is 31.3. The van der Waals surface area contributed by atoms with Gasteiger partial charge in [-0.3, -0.25) is 4.98 Å². The van der Waals surface area contributed by atoms with Crippen molar-refractivity contribution in [2.24, 2.45) is 0 Å². The van der Waals surface area contributed by atoms with Crippen LogP contribution in [0.2, 0.25) is 0 Å². The lowest BCUT2D eigenvalue weighted by Crippen LogP contribution is -1.97. The Morgan fingerprint density at radius 2 is 1.04 bits per heavy atom. The fourth-order valence-electron chi connectivity index (χ4n) is 10.2. The van der Waals surface area contributed by atoms with E-state index in [9.17, 15) is 0 Å². The van der Waals surface area contributed by atoms with Crippen molar-refractivity contribution in [2.45, 2.75) is 13.3 Å². The van der Waals surface area contributed by atoms with Gasteiger partial charge in [-0.05, 0) is 147 Å². The molecule has 1 nitrogen and oxygen atoms in total. The molecule has 0 atom stereocenters. The summed E-state index contributed by atoms with van der Waals surface area (Å²) in [6.45, 7) is 2.06. The molecule has 0 aliphatic heterocycles. The number of hydrogen-bond acceptors (Lipinski definition) is 1. The van der Waals surface area contributed by atoms with Crippen molar-refractivity contribution in [3.8, 4) is 66.8 Å². The highest BCUT2D eigenvalue weighted by Crippen LogP contribution is 2.57. The molecule has 9 aromatic carbocycles. The van der Waals surface area contributed by atoms with Crippen LogP contribution in [0.5, 0.6) is 0 Å². The van der Waals surface area contributed by atoms with E-state index in [1.54, 1.807) is 0 Å². The zero-order valence-corrected chi connectivity index (χ0v) is 31.0. The number of benzene rings is 9. The van der Waals surface area contributed by atoms with E-state index in [0.717, 1.165) is 11.9 Å². The van der Waals surface area contributed by atoms with Gasteiger partial charge in [0.25, 0.3) is 0 Å². The molecule has 0 N–H and O–H groups in total. The summed E-state index contributed by atoms with van der Waals surface area (Å²) < 4.78 is 0. The van der Waals surface area contributed by atoms with Crippen molar-refractivity contribution < 1.29 is 0 Å². The summed E-state index contributed by atoms with van der Waals surface area (Å²) in [5.41, 5.74) is 17.9. The Bertz CT molecular complexity index is 3380. The van der Waals surface area contributed by atoms with E-state index < -0.39 is 0 Å². The smallest absolute Gasteiger partial charge is 0.0749 e. The van der Waals surface area contributed by atoms with Crippen LogP contribution >= 0.6 is 0 Å². The van der Waals surface area contributed by atoms with E-state index in [-0.39, 0.29) is 0 Å². The molecular formula is C55H35N. The predicted molar refractivity (Wildman–Crippen MR) is 239 cm³/mol. The number of rotatable bonds is 5. The van der Waals surface area contributed by atoms with Gasteiger partial charge in [-0.2, -0.15) is 0 Å². The third-order valence-corrected chi connectivity index (χ3v) is 12.4. The summed E-state index contributed by atoms with van der Waals surface area (Å²) in [4.78, 5) is 5.10. The topological polar surface area (TPSA) is 12.9 Å². The molecule has 0 fully saturated rings. The van der Waals surface area contributed by atoms with E-state index in [0.29, 0.717) is 0 Å². The number of hydrogen-bond donors (Lipinski definition) is 0. The van der Waals surface area contributed by atoms with E-state index in [1.807, 2.05) is 6.20 Å². The van der Waals surface area contributed by atoms with Crippen molar-refractivity contribution in [3.05, 3.63) is 188 Å². The van der Waals surface area contributed by atoms with Crippen LogP contribution in [0.3, 0.4) is 0 Å². The number of aromatic nitrogens is 1. The zero-order valence-electron chi connectivity index (χ0n) is 31.0. The van der Waals surface area contributed by atoms with Crippen LogP contribution in [0.1, 0.15) is 12.5 Å². The van der Waals surface area contributed by atoms with Gasteiger partial charge in [-0.25, -0.2) is 0 Å². The molecule has 0 saturated carbocycles. The molecule has 1 heteroatoms. The standard InChI is InChI=1S/C55H35N/c1-2-3-4-8-22-45-53-42-26-14-24-40-38(28-29-43(52(40)42)54(53)50(33-16-6-5-7-17-33)44-27-15-30-56-55(44)45)46-31-48-41-25-13-23-39-34-18-9-12-21-37(34)49(51(39)41)32-47(48)36-20-11-10-19-35(36)46/h2-21,23-32H,22H2,1H3/b3-2-,8-4-. The Morgan fingerprint density at radius 1 is 0.411 bits per heavy atom. The minimum atomic E-state index is 0.794. The van der Waals surface area contributed by atoms with Crippen LogP contribution in [-0.2, 0) is 6.42 Å². The second-order valence-corrected chi connectivity index (χ2v) is 15.2. The molecule has 0 spiro atoms. The fourth-order valence-corrected chi connectivity index (χ4v) is 10.2. The van der Waals surface area contributed by atoms with Crippen LogP contribution in [0.4, 0.5) is 0 Å². The Hall–Kier alpha value is -7.09. The summed E-state index contributed by atoms with van der Waals surface area (Å²) in [7, 11) is 0. The first-order chi connectivity index (χ1) is 27.8. The lowest BCUT2D eigenvalue weighted by Gasteiger charge is -2.19. The fraction of sp³-hybridized carbons (Fsp3) is 0.0364. The van der Waals surface area contributed by atoms with E-state index in [4.69, 9.17) is 4.98 Å². The molecule has 0 bridgehead atoms. The lowest BCUT2D eigenvalue weighted by molar-refractivity contribution is 1.27. The van der Waals surface area contributed by atoms with Crippen molar-refractivity contribution in [1.82, 2.24) is 4.98 Å². The van der Waals surface area contributed by atoms with Gasteiger partial charge >= 0.3 is 0 Å². The average molecular weight is 710 g/mol. The molecule has 2 aliphatic carbocycles. The van der Waals surface area contributed by atoms with E-state index in [2.05, 4.69) is 183 Å². The number of nitrogens with zero attached hydrogens (tertiary/aromatic N) is 1. The van der Waals surface area contributed by atoms with Gasteiger partial charge in [0.1, 0.15) is 0 Å². The molecule has 1 aromatic heterocycles. The molecule has 2 aliphatic rings. The predicted octanol–water partition coefficient (Wildman–Crippen LogP) is 15.2. The average Bonchev–Trinajstić information content (AvgIpc) is 3.76. The molecule has 56 heavy (non-hydrogen) atoms. The van der Waals surface area contributed by atoms with Gasteiger partial charge in [0.15, 0.2) is 0 Å². The Labute approximate surface area is 325 Å². The third-order valence-electron chi connectivity index (χ3n) is 12.4. The van der Waals surface area contributed by atoms with Crippen molar-refractivity contribution in [3.63, 3.8) is 0 Å². The maximum atomic E-state index is 5.10. The van der Waals surface area contributed by atoms with Crippen LogP contribution in [0.15, 0.2) is 182 Å². The highest BCUT2D eigenvalue weighted by molar-refractivity contribution is 6.30. The molecule has 0 radical (unpaired) electrons. The maximum absolute atomic E-state index is 5.10. The van der Waals surface area contributed by atoms with Crippen LogP contribution in [0.25, 0.3) is 121 Å². The summed E-state index contributed by atoms with van der Waals surface area (Å²) in [5.74, 6) is 0. The second kappa shape index (κ2) is 12.0. The number of fused-ring (bicyclic) bond motifs is 11. The van der Waals surface area contributed by atoms with Gasteiger partial charge in [0.2, 0.25) is 0 Å². The highest BCUT2D eigenvalue weighted by atomic mass is 14.7. The molecule has 12 rings (SSSR count). The first-order valence-electron chi connectivity index (χ1n) is 19.6. The van der Waals surface area contributed by atoms with Crippen molar-refractivity contribution >= 4 is 54.0 Å². The minimum Gasteiger partial charge on any atom is -0.256 e. The van der Waals surface area contributed by atoms with Gasteiger partial charge in [-0.15, -0.1) is 0 Å². The van der Waals surface area contributed by atoms with Crippen molar-refractivity contribution in [1.29, 1.82) is 0 Å². The minimum absolute atomic E-state index is 0.794. The first-order valence-corrected chi connectivity index (χ1v) is 19.6. The van der Waals surface area contributed by atoms with Gasteiger partial charge in [-0.1, -0.05) is 158 Å². The van der Waals surface area contributed by atoms with E-state index in [1.165, 1.54) is 121 Å². The van der Waals surface area contributed by atoms with Crippen molar-refractivity contribution in [2.75, 3.05) is 0 Å². The summed E-state index contributed by atoms with van der Waals surface area (Å²) in [5, 5.41) is 11.7. The summed E-state index contributed by atoms with van der Waals surface area (Å²) in [6.07, 6.45) is 11.4. The maximum Gasteiger partial charge on any atom is 0.0749 e. The van der Waals surface area contributed by atoms with E-state index >= 15 is 0 Å². The number of pyridine rings is 1. The van der Waals surface area contributed by atoms with Crippen LogP contribution < -0.4 is 0 Å². The third kappa shape index (κ3) is 4.23. The zero-order chi connectivity index (χ0) is 36.9. The summed E-state index contributed by atoms with van der Waals surface area (Å²) >= 11 is 0. The molecule has 260 valence electrons. The largest absolute Gasteiger partial charge is 0.256 e. The number of allylic oxidation sites excluding steroid dienone is 4. The van der Waals surface area contributed by atoms with Gasteiger partial charge < -0.3 is 0 Å². The Balaban J connectivity index is 1.17. The molecule has 0 unspecified atom stereocenters. The quantitative estimate of drug-likeness (QED) is 0.128. The normalized spacial score (nSPS) is 12.7. The highest BCUT2D eigenvalue weighted by Gasteiger charge is 2.31. The summed E-state index contributed by atoms with van der Waals surface area (Å²) in [6, 6.07) is 56.7.